The van der Waals surface area contributed by atoms with Crippen LogP contribution in [0.2, 0.25) is 0 Å². The second kappa shape index (κ2) is 14.9. The number of nitrogens with two attached hydrogens (primary N) is 1. The molecule has 0 heterocycles. The van der Waals surface area contributed by atoms with Crippen molar-refractivity contribution in [3.8, 4) is 0 Å². The van der Waals surface area contributed by atoms with E-state index in [4.69, 9.17) is 15.9 Å². The summed E-state index contributed by atoms with van der Waals surface area (Å²) in [6, 6.07) is -4.62. The van der Waals surface area contributed by atoms with Gasteiger partial charge in [0.2, 0.25) is 17.7 Å². The van der Waals surface area contributed by atoms with E-state index in [-0.39, 0.29) is 24.5 Å². The number of rotatable bonds is 15. The van der Waals surface area contributed by atoms with Crippen LogP contribution in [0.3, 0.4) is 0 Å². The Balaban J connectivity index is 5.37. The van der Waals surface area contributed by atoms with Crippen LogP contribution < -0.4 is 21.7 Å². The molecule has 3 amide bonds. The molecule has 0 aliphatic heterocycles. The minimum Gasteiger partial charge on any atom is -0.481 e. The average Bonchev–Trinajstić information content (AvgIpc) is 2.66. The Bertz CT molecular complexity index is 648. The first-order valence-corrected chi connectivity index (χ1v) is 11.7. The highest BCUT2D eigenvalue weighted by molar-refractivity contribution is 7.98. The molecule has 4 atom stereocenters. The van der Waals surface area contributed by atoms with E-state index in [0.717, 1.165) is 0 Å². The first-order chi connectivity index (χ1) is 14.4. The topological polar surface area (TPSA) is 188 Å². The third kappa shape index (κ3) is 11.8. The van der Waals surface area contributed by atoms with E-state index in [1.165, 1.54) is 11.8 Å². The second-order valence-electron chi connectivity index (χ2n) is 7.32. The molecule has 0 saturated carbocycles. The second-order valence-corrected chi connectivity index (χ2v) is 8.67. The first kappa shape index (κ1) is 29.0. The molecule has 0 aromatic heterocycles. The summed E-state index contributed by atoms with van der Waals surface area (Å²) < 4.78 is 0. The summed E-state index contributed by atoms with van der Waals surface area (Å²) in [7, 11) is 0. The normalized spacial score (nSPS) is 14.8. The van der Waals surface area contributed by atoms with Gasteiger partial charge >= 0.3 is 11.9 Å². The van der Waals surface area contributed by atoms with Crippen LogP contribution in [0, 0.1) is 5.92 Å². The van der Waals surface area contributed by atoms with Crippen molar-refractivity contribution < 1.29 is 34.2 Å². The van der Waals surface area contributed by atoms with Crippen LogP contribution in [0.15, 0.2) is 0 Å². The molecule has 31 heavy (non-hydrogen) atoms. The van der Waals surface area contributed by atoms with Crippen LogP contribution in [0.5, 0.6) is 0 Å². The molecule has 0 spiro atoms. The van der Waals surface area contributed by atoms with Gasteiger partial charge in [-0.1, -0.05) is 13.8 Å². The summed E-state index contributed by atoms with van der Waals surface area (Å²) in [4.78, 5) is 59.5. The molecule has 178 valence electrons. The van der Waals surface area contributed by atoms with Gasteiger partial charge in [0.05, 0.1) is 12.5 Å². The van der Waals surface area contributed by atoms with Crippen molar-refractivity contribution in [2.24, 2.45) is 11.7 Å². The number of aliphatic carboxylic acids is 2. The zero-order valence-electron chi connectivity index (χ0n) is 17.8. The predicted molar refractivity (Wildman–Crippen MR) is 120 cm³/mol. The van der Waals surface area contributed by atoms with Gasteiger partial charge in [0.15, 0.2) is 0 Å². The third-order valence-corrected chi connectivity index (χ3v) is 5.12. The molecule has 4 unspecified atom stereocenters. The van der Waals surface area contributed by atoms with Crippen LogP contribution in [0.4, 0.5) is 0 Å². The highest BCUT2D eigenvalue weighted by atomic mass is 32.2. The molecule has 0 aromatic carbocycles. The largest absolute Gasteiger partial charge is 0.481 e. The summed E-state index contributed by atoms with van der Waals surface area (Å²) in [5.74, 6) is -4.25. The van der Waals surface area contributed by atoms with E-state index in [9.17, 15) is 24.0 Å². The van der Waals surface area contributed by atoms with Gasteiger partial charge in [0.1, 0.15) is 18.1 Å². The molecule has 0 radical (unpaired) electrons. The van der Waals surface area contributed by atoms with Crippen molar-refractivity contribution >= 4 is 54.1 Å². The number of carbonyl (C=O) groups excluding carboxylic acids is 3. The molecule has 13 heteroatoms. The van der Waals surface area contributed by atoms with E-state index in [1.54, 1.807) is 0 Å². The molecule has 0 saturated heterocycles. The number of amides is 3. The number of thiol groups is 1. The Morgan fingerprint density at radius 1 is 0.935 bits per heavy atom. The van der Waals surface area contributed by atoms with Gasteiger partial charge < -0.3 is 31.9 Å². The van der Waals surface area contributed by atoms with E-state index in [2.05, 4.69) is 28.6 Å². The fourth-order valence-corrected chi connectivity index (χ4v) is 3.22. The van der Waals surface area contributed by atoms with Crippen LogP contribution in [0.25, 0.3) is 0 Å². The minimum absolute atomic E-state index is 0.00852. The van der Waals surface area contributed by atoms with E-state index >= 15 is 0 Å². The number of carboxylic acid groups (broad SMARTS) is 2. The van der Waals surface area contributed by atoms with E-state index < -0.39 is 60.2 Å². The number of hydrogen-bond acceptors (Lipinski definition) is 8. The Morgan fingerprint density at radius 3 is 1.90 bits per heavy atom. The van der Waals surface area contributed by atoms with E-state index in [0.29, 0.717) is 5.75 Å². The summed E-state index contributed by atoms with van der Waals surface area (Å²) >= 11 is 5.34. The highest BCUT2D eigenvalue weighted by Crippen LogP contribution is 2.08. The van der Waals surface area contributed by atoms with Crippen molar-refractivity contribution in [2.45, 2.75) is 57.3 Å². The fraction of sp³-hybridized carbons (Fsp3) is 0.722. The number of hydrogen-bond donors (Lipinski definition) is 7. The molecule has 0 rings (SSSR count). The summed E-state index contributed by atoms with van der Waals surface area (Å²) in [6.45, 7) is 3.65. The Morgan fingerprint density at radius 2 is 1.45 bits per heavy atom. The van der Waals surface area contributed by atoms with Gasteiger partial charge in [-0.25, -0.2) is 4.79 Å². The summed E-state index contributed by atoms with van der Waals surface area (Å²) in [5.41, 5.74) is 5.56. The lowest BCUT2D eigenvalue weighted by molar-refractivity contribution is -0.141. The number of nitrogens with one attached hydrogen (secondary N) is 3. The van der Waals surface area contributed by atoms with Crippen molar-refractivity contribution in [2.75, 3.05) is 17.8 Å². The lowest BCUT2D eigenvalue weighted by Crippen LogP contribution is -2.57. The Labute approximate surface area is 191 Å². The Kier molecular flexibility index (Phi) is 14.0. The van der Waals surface area contributed by atoms with Gasteiger partial charge in [0, 0.05) is 5.75 Å². The zero-order valence-corrected chi connectivity index (χ0v) is 19.5. The molecular formula is C18H32N4O7S2. The summed E-state index contributed by atoms with van der Waals surface area (Å²) in [5, 5.41) is 25.2. The third-order valence-electron chi connectivity index (χ3n) is 4.11. The molecule has 0 aliphatic carbocycles. The molecule has 0 aliphatic rings. The van der Waals surface area contributed by atoms with Crippen molar-refractivity contribution in [3.63, 3.8) is 0 Å². The Hall–Kier alpha value is -1.99. The van der Waals surface area contributed by atoms with Crippen LogP contribution in [-0.2, 0) is 24.0 Å². The standard InChI is InChI=1S/C18H32N4O7S2/c1-9(2)6-12(21-15(25)10(19)7-14(23)24)17(27)20-11(4-5-31-3)16(26)22-13(8-30)18(28)29/h9-13,30H,4-8,19H2,1-3H3,(H,20,27)(H,21,25)(H,22,26)(H,23,24)(H,28,29). The van der Waals surface area contributed by atoms with Crippen LogP contribution in [0.1, 0.15) is 33.1 Å². The lowest BCUT2D eigenvalue weighted by Gasteiger charge is -2.25. The van der Waals surface area contributed by atoms with Crippen LogP contribution in [-0.4, -0.2) is 81.8 Å². The van der Waals surface area contributed by atoms with Gasteiger partial charge in [-0.2, -0.15) is 24.4 Å². The zero-order chi connectivity index (χ0) is 24.1. The van der Waals surface area contributed by atoms with Crippen molar-refractivity contribution in [3.05, 3.63) is 0 Å². The molecule has 0 aromatic rings. The number of carbonyl (C=O) groups is 5. The minimum atomic E-state index is -1.33. The van der Waals surface area contributed by atoms with Gasteiger partial charge in [-0.15, -0.1) is 0 Å². The average molecular weight is 481 g/mol. The molecule has 11 nitrogen and oxygen atoms in total. The predicted octanol–water partition coefficient (Wildman–Crippen LogP) is -0.944. The fourth-order valence-electron chi connectivity index (χ4n) is 2.50. The summed E-state index contributed by atoms with van der Waals surface area (Å²) in [6.07, 6.45) is 1.68. The molecule has 0 bridgehead atoms. The molecule has 7 N–H and O–H groups in total. The maximum Gasteiger partial charge on any atom is 0.327 e. The number of thioether (sulfide) groups is 1. The number of carboxylic acids is 2. The molecular weight excluding hydrogens is 448 g/mol. The smallest absolute Gasteiger partial charge is 0.327 e. The lowest BCUT2D eigenvalue weighted by atomic mass is 10.0. The maximum absolute atomic E-state index is 12.8. The highest BCUT2D eigenvalue weighted by Gasteiger charge is 2.30. The first-order valence-electron chi connectivity index (χ1n) is 9.63. The maximum atomic E-state index is 12.8. The van der Waals surface area contributed by atoms with Gasteiger partial charge in [-0.05, 0) is 30.8 Å². The van der Waals surface area contributed by atoms with Crippen molar-refractivity contribution in [1.82, 2.24) is 16.0 Å². The van der Waals surface area contributed by atoms with Crippen molar-refractivity contribution in [1.29, 1.82) is 0 Å². The monoisotopic (exact) mass is 480 g/mol. The van der Waals surface area contributed by atoms with Gasteiger partial charge in [-0.3, -0.25) is 19.2 Å². The van der Waals surface area contributed by atoms with Gasteiger partial charge in [0.25, 0.3) is 0 Å². The van der Waals surface area contributed by atoms with E-state index in [1.807, 2.05) is 20.1 Å². The quantitative estimate of drug-likeness (QED) is 0.145. The van der Waals surface area contributed by atoms with Crippen LogP contribution >= 0.6 is 24.4 Å². The molecule has 0 fully saturated rings. The SMILES string of the molecule is CSCCC(NC(=O)C(CC(C)C)NC(=O)C(N)CC(=O)O)C(=O)NC(CS)C(=O)O.